The molecule has 0 amide bonds. The number of pyridine rings is 1. The molecule has 2 aromatic carbocycles. The standard InChI is InChI=1S/C18H15NO2/c20-13-15-9-6-12-18(19-15)21-17-11-5-4-10-16(17)14-7-2-1-3-8-14/h1-12,20H,13H2. The first kappa shape index (κ1) is 13.3. The SMILES string of the molecule is OCc1cccc(Oc2ccccc2-c2ccccc2)n1. The van der Waals surface area contributed by atoms with Crippen LogP contribution in [0.3, 0.4) is 0 Å². The zero-order valence-electron chi connectivity index (χ0n) is 11.4. The lowest BCUT2D eigenvalue weighted by atomic mass is 10.1. The second kappa shape index (κ2) is 6.20. The summed E-state index contributed by atoms with van der Waals surface area (Å²) in [6, 6.07) is 23.3. The zero-order valence-corrected chi connectivity index (χ0v) is 11.4. The fraction of sp³-hybridized carbons (Fsp3) is 0.0556. The molecule has 104 valence electrons. The summed E-state index contributed by atoms with van der Waals surface area (Å²) in [7, 11) is 0. The average Bonchev–Trinajstić information content (AvgIpc) is 2.56. The minimum atomic E-state index is -0.0997. The van der Waals surface area contributed by atoms with Gasteiger partial charge in [-0.25, -0.2) is 4.98 Å². The Morgan fingerprint density at radius 1 is 0.810 bits per heavy atom. The van der Waals surface area contributed by atoms with E-state index in [0.29, 0.717) is 11.6 Å². The highest BCUT2D eigenvalue weighted by atomic mass is 16.5. The van der Waals surface area contributed by atoms with Crippen LogP contribution in [0.1, 0.15) is 5.69 Å². The van der Waals surface area contributed by atoms with E-state index in [2.05, 4.69) is 4.98 Å². The zero-order chi connectivity index (χ0) is 14.5. The number of ether oxygens (including phenoxy) is 1. The van der Waals surface area contributed by atoms with Crippen LogP contribution in [-0.4, -0.2) is 10.1 Å². The van der Waals surface area contributed by atoms with Crippen molar-refractivity contribution < 1.29 is 9.84 Å². The van der Waals surface area contributed by atoms with Gasteiger partial charge in [0.1, 0.15) is 5.75 Å². The number of aliphatic hydroxyl groups is 1. The van der Waals surface area contributed by atoms with Gasteiger partial charge in [0.25, 0.3) is 0 Å². The predicted octanol–water partition coefficient (Wildman–Crippen LogP) is 4.03. The van der Waals surface area contributed by atoms with E-state index in [1.165, 1.54) is 0 Å². The molecule has 3 heteroatoms. The smallest absolute Gasteiger partial charge is 0.219 e. The maximum absolute atomic E-state index is 9.14. The van der Waals surface area contributed by atoms with Gasteiger partial charge in [0.05, 0.1) is 12.3 Å². The van der Waals surface area contributed by atoms with Crippen LogP contribution in [0.15, 0.2) is 72.8 Å². The van der Waals surface area contributed by atoms with Gasteiger partial charge in [0.2, 0.25) is 5.88 Å². The summed E-state index contributed by atoms with van der Waals surface area (Å²) in [6.45, 7) is -0.0997. The van der Waals surface area contributed by atoms with E-state index in [-0.39, 0.29) is 6.61 Å². The van der Waals surface area contributed by atoms with Gasteiger partial charge in [0.15, 0.2) is 0 Å². The van der Waals surface area contributed by atoms with Crippen LogP contribution in [0.4, 0.5) is 0 Å². The van der Waals surface area contributed by atoms with Gasteiger partial charge in [-0.3, -0.25) is 0 Å². The molecule has 1 aromatic heterocycles. The van der Waals surface area contributed by atoms with Crippen molar-refractivity contribution in [2.24, 2.45) is 0 Å². The Hall–Kier alpha value is -2.65. The van der Waals surface area contributed by atoms with Crippen LogP contribution in [0.25, 0.3) is 11.1 Å². The maximum Gasteiger partial charge on any atom is 0.219 e. The lowest BCUT2D eigenvalue weighted by molar-refractivity contribution is 0.275. The molecule has 3 aromatic rings. The van der Waals surface area contributed by atoms with E-state index >= 15 is 0 Å². The number of hydrogen-bond donors (Lipinski definition) is 1. The summed E-state index contributed by atoms with van der Waals surface area (Å²) in [5, 5.41) is 9.14. The van der Waals surface area contributed by atoms with Gasteiger partial charge in [-0.2, -0.15) is 0 Å². The fourth-order valence-electron chi connectivity index (χ4n) is 2.13. The normalized spacial score (nSPS) is 10.3. The fourth-order valence-corrected chi connectivity index (χ4v) is 2.13. The monoisotopic (exact) mass is 277 g/mol. The molecular weight excluding hydrogens is 262 g/mol. The Balaban J connectivity index is 1.96. The van der Waals surface area contributed by atoms with E-state index in [1.54, 1.807) is 12.1 Å². The minimum absolute atomic E-state index is 0.0997. The predicted molar refractivity (Wildman–Crippen MR) is 82.1 cm³/mol. The lowest BCUT2D eigenvalue weighted by Gasteiger charge is -2.11. The van der Waals surface area contributed by atoms with Crippen molar-refractivity contribution in [2.45, 2.75) is 6.61 Å². The molecule has 0 saturated heterocycles. The van der Waals surface area contributed by atoms with Gasteiger partial charge in [0, 0.05) is 11.6 Å². The highest BCUT2D eigenvalue weighted by Gasteiger charge is 2.07. The molecule has 0 bridgehead atoms. The first-order valence-electron chi connectivity index (χ1n) is 6.76. The van der Waals surface area contributed by atoms with Crippen LogP contribution in [0.5, 0.6) is 11.6 Å². The van der Waals surface area contributed by atoms with Crippen molar-refractivity contribution in [3.05, 3.63) is 78.5 Å². The van der Waals surface area contributed by atoms with Crippen LogP contribution in [-0.2, 0) is 6.61 Å². The minimum Gasteiger partial charge on any atom is -0.438 e. The van der Waals surface area contributed by atoms with E-state index in [0.717, 1.165) is 16.9 Å². The van der Waals surface area contributed by atoms with Gasteiger partial charge in [-0.15, -0.1) is 0 Å². The molecule has 0 atom stereocenters. The molecule has 0 aliphatic rings. The van der Waals surface area contributed by atoms with Gasteiger partial charge in [-0.1, -0.05) is 54.6 Å². The molecule has 1 heterocycles. The molecule has 3 nitrogen and oxygen atoms in total. The summed E-state index contributed by atoms with van der Waals surface area (Å²) in [6.07, 6.45) is 0. The number of aromatic nitrogens is 1. The van der Waals surface area contributed by atoms with E-state index in [1.807, 2.05) is 60.7 Å². The number of benzene rings is 2. The largest absolute Gasteiger partial charge is 0.438 e. The molecule has 0 radical (unpaired) electrons. The second-order valence-corrected chi connectivity index (χ2v) is 4.59. The van der Waals surface area contributed by atoms with Crippen LogP contribution >= 0.6 is 0 Å². The third kappa shape index (κ3) is 3.09. The molecule has 1 N–H and O–H groups in total. The van der Waals surface area contributed by atoms with Gasteiger partial charge >= 0.3 is 0 Å². The third-order valence-electron chi connectivity index (χ3n) is 3.13. The molecule has 0 spiro atoms. The number of aliphatic hydroxyl groups excluding tert-OH is 1. The van der Waals surface area contributed by atoms with Crippen molar-refractivity contribution in [3.63, 3.8) is 0 Å². The van der Waals surface area contributed by atoms with E-state index in [4.69, 9.17) is 9.84 Å². The number of hydrogen-bond acceptors (Lipinski definition) is 3. The third-order valence-corrected chi connectivity index (χ3v) is 3.13. The summed E-state index contributed by atoms with van der Waals surface area (Å²) >= 11 is 0. The molecule has 0 fully saturated rings. The second-order valence-electron chi connectivity index (χ2n) is 4.59. The van der Waals surface area contributed by atoms with E-state index < -0.39 is 0 Å². The topological polar surface area (TPSA) is 42.4 Å². The van der Waals surface area contributed by atoms with Crippen molar-refractivity contribution in [2.75, 3.05) is 0 Å². The Labute approximate surface area is 123 Å². The summed E-state index contributed by atoms with van der Waals surface area (Å²) < 4.78 is 5.88. The number of para-hydroxylation sites is 1. The van der Waals surface area contributed by atoms with E-state index in [9.17, 15) is 0 Å². The maximum atomic E-state index is 9.14. The van der Waals surface area contributed by atoms with Gasteiger partial charge < -0.3 is 9.84 Å². The molecular formula is C18H15NO2. The lowest BCUT2D eigenvalue weighted by Crippen LogP contribution is -1.94. The van der Waals surface area contributed by atoms with Crippen LogP contribution in [0.2, 0.25) is 0 Å². The quantitative estimate of drug-likeness (QED) is 0.782. The molecule has 21 heavy (non-hydrogen) atoms. The first-order chi connectivity index (χ1) is 10.4. The summed E-state index contributed by atoms with van der Waals surface area (Å²) in [4.78, 5) is 4.25. The van der Waals surface area contributed by atoms with Crippen molar-refractivity contribution in [1.29, 1.82) is 0 Å². The van der Waals surface area contributed by atoms with Crippen LogP contribution in [0, 0.1) is 0 Å². The highest BCUT2D eigenvalue weighted by molar-refractivity contribution is 5.70. The summed E-state index contributed by atoms with van der Waals surface area (Å²) in [5.74, 6) is 1.22. The Kier molecular flexibility index (Phi) is 3.94. The van der Waals surface area contributed by atoms with Crippen molar-refractivity contribution in [3.8, 4) is 22.8 Å². The Bertz CT molecular complexity index is 726. The molecule has 0 saturated carbocycles. The Morgan fingerprint density at radius 3 is 2.38 bits per heavy atom. The van der Waals surface area contributed by atoms with Crippen molar-refractivity contribution in [1.82, 2.24) is 4.98 Å². The first-order valence-corrected chi connectivity index (χ1v) is 6.76. The highest BCUT2D eigenvalue weighted by Crippen LogP contribution is 2.32. The van der Waals surface area contributed by atoms with Crippen molar-refractivity contribution >= 4 is 0 Å². The molecule has 0 aliphatic heterocycles. The summed E-state index contributed by atoms with van der Waals surface area (Å²) in [5.41, 5.74) is 2.69. The van der Waals surface area contributed by atoms with Gasteiger partial charge in [-0.05, 0) is 17.7 Å². The Morgan fingerprint density at radius 2 is 1.57 bits per heavy atom. The number of rotatable bonds is 4. The molecule has 0 unspecified atom stereocenters. The van der Waals surface area contributed by atoms with Crippen LogP contribution < -0.4 is 4.74 Å². The average molecular weight is 277 g/mol. The molecule has 3 rings (SSSR count). The number of nitrogens with zero attached hydrogens (tertiary/aromatic N) is 1. The molecule has 0 aliphatic carbocycles.